The number of aromatic nitrogens is 1. The van der Waals surface area contributed by atoms with Crippen LogP contribution in [0.25, 0.3) is 5.57 Å². The van der Waals surface area contributed by atoms with Gasteiger partial charge in [0, 0.05) is 0 Å². The fourth-order valence-electron chi connectivity index (χ4n) is 3.43. The first-order chi connectivity index (χ1) is 12.3. The van der Waals surface area contributed by atoms with Crippen LogP contribution >= 0.6 is 0 Å². The minimum atomic E-state index is 0. The van der Waals surface area contributed by atoms with Gasteiger partial charge in [0.25, 0.3) is 0 Å². The molecule has 0 bridgehead atoms. The Kier molecular flexibility index (Phi) is 7.90. The Morgan fingerprint density at radius 3 is 2.04 bits per heavy atom. The molecule has 2 aromatic carbocycles. The summed E-state index contributed by atoms with van der Waals surface area (Å²) in [5.74, 6) is 0.177. The average molecular weight is 431 g/mol. The van der Waals surface area contributed by atoms with Crippen molar-refractivity contribution in [1.29, 1.82) is 0 Å². The van der Waals surface area contributed by atoms with Crippen molar-refractivity contribution in [3.63, 3.8) is 0 Å². The number of hydrogen-bond acceptors (Lipinski definition) is 1. The van der Waals surface area contributed by atoms with E-state index in [1.54, 1.807) is 0 Å². The second-order valence-electron chi connectivity index (χ2n) is 6.14. The van der Waals surface area contributed by atoms with Crippen molar-refractivity contribution in [3.05, 3.63) is 118 Å². The first kappa shape index (κ1) is 21.5. The molecule has 4 heteroatoms. The molecule has 0 N–H and O–H groups in total. The first-order valence-corrected chi connectivity index (χ1v) is 9.10. The molecule has 0 amide bonds. The molecule has 27 heavy (non-hydrogen) atoms. The number of benzene rings is 2. The molecule has 0 aliphatic heterocycles. The Hall–Kier alpha value is -1.82. The molecule has 0 saturated carbocycles. The van der Waals surface area contributed by atoms with Crippen molar-refractivity contribution in [3.8, 4) is 0 Å². The van der Waals surface area contributed by atoms with Crippen LogP contribution in [0.1, 0.15) is 29.2 Å². The van der Waals surface area contributed by atoms with Crippen molar-refractivity contribution in [2.45, 2.75) is 12.3 Å². The van der Waals surface area contributed by atoms with Gasteiger partial charge in [-0.3, -0.25) is 0 Å². The van der Waals surface area contributed by atoms with Gasteiger partial charge < -0.3 is 24.8 Å². The molecule has 0 fully saturated rings. The zero-order chi connectivity index (χ0) is 17.1. The van der Waals surface area contributed by atoms with Crippen LogP contribution in [0.15, 0.2) is 101 Å². The standard InChI is InChI=1S/C23H18N.2ClH.Cr/c1-3-9-18(10-4-1)20-14-15-21(17-20)23(19-11-5-2-6-12-19)22-13-7-8-16-24-22;;;/h1-14,16,23H,15H2;2*1H;/q;;;+2/p-2. The van der Waals surface area contributed by atoms with Crippen LogP contribution < -0.4 is 24.8 Å². The summed E-state index contributed by atoms with van der Waals surface area (Å²) >= 11 is 3.34. The number of hydrogen-bond donors (Lipinski definition) is 0. The number of pyridine rings is 1. The van der Waals surface area contributed by atoms with E-state index in [2.05, 4.69) is 100 Å². The summed E-state index contributed by atoms with van der Waals surface area (Å²) in [6.45, 7) is 0. The second-order valence-corrected chi connectivity index (χ2v) is 6.78. The Labute approximate surface area is 181 Å². The topological polar surface area (TPSA) is 12.9 Å². The van der Waals surface area contributed by atoms with Gasteiger partial charge in [-0.2, -0.15) is 0 Å². The van der Waals surface area contributed by atoms with Crippen LogP contribution in [0.3, 0.4) is 0 Å². The van der Waals surface area contributed by atoms with Crippen molar-refractivity contribution >= 4 is 5.57 Å². The molecule has 1 aromatic heterocycles. The fraction of sp³-hybridized carbons (Fsp3) is 0.0870. The molecule has 4 rings (SSSR count). The van der Waals surface area contributed by atoms with Crippen LogP contribution in [0.4, 0.5) is 0 Å². The van der Waals surface area contributed by atoms with E-state index in [0.29, 0.717) is 0 Å². The summed E-state index contributed by atoms with van der Waals surface area (Å²) in [4.78, 5) is 4.66. The summed E-state index contributed by atoms with van der Waals surface area (Å²) in [5, 5.41) is 0. The van der Waals surface area contributed by atoms with Crippen LogP contribution in [-0.4, -0.2) is 4.98 Å². The van der Waals surface area contributed by atoms with Gasteiger partial charge in [-0.15, -0.1) is 0 Å². The maximum absolute atomic E-state index is 4.66. The van der Waals surface area contributed by atoms with Gasteiger partial charge in [0.1, 0.15) is 0 Å². The van der Waals surface area contributed by atoms with E-state index in [0.717, 1.165) is 12.1 Å². The summed E-state index contributed by atoms with van der Waals surface area (Å²) in [6.07, 6.45) is 5.16. The third-order valence-corrected chi connectivity index (χ3v) is 5.36. The van der Waals surface area contributed by atoms with E-state index in [1.807, 2.05) is 12.3 Å². The molecule has 135 valence electrons. The molecular weight excluding hydrogens is 413 g/mol. The predicted molar refractivity (Wildman–Crippen MR) is 98.6 cm³/mol. The molecule has 0 radical (unpaired) electrons. The van der Waals surface area contributed by atoms with Crippen molar-refractivity contribution < 1.29 is 41.1 Å². The van der Waals surface area contributed by atoms with Gasteiger partial charge >= 0.3 is 157 Å². The van der Waals surface area contributed by atoms with Gasteiger partial charge in [0.2, 0.25) is 0 Å². The van der Waals surface area contributed by atoms with E-state index in [9.17, 15) is 0 Å². The molecule has 1 unspecified atom stereocenters. The summed E-state index contributed by atoms with van der Waals surface area (Å²) in [7, 11) is 0. The van der Waals surface area contributed by atoms with Gasteiger partial charge in [0.05, 0.1) is 0 Å². The Morgan fingerprint density at radius 1 is 0.778 bits per heavy atom. The summed E-state index contributed by atoms with van der Waals surface area (Å²) in [5.41, 5.74) is 6.33. The third-order valence-electron chi connectivity index (χ3n) is 4.61. The number of rotatable bonds is 4. The summed E-state index contributed by atoms with van der Waals surface area (Å²) in [6, 6.07) is 27.4. The number of allylic oxidation sites excluding steroid dienone is 4. The van der Waals surface area contributed by atoms with E-state index in [4.69, 9.17) is 0 Å². The van der Waals surface area contributed by atoms with E-state index in [-0.39, 0.29) is 30.7 Å². The monoisotopic (exact) mass is 430 g/mol. The first-order valence-electron chi connectivity index (χ1n) is 8.46. The van der Waals surface area contributed by atoms with Crippen molar-refractivity contribution in [1.82, 2.24) is 4.98 Å². The molecule has 1 aliphatic carbocycles. The number of halogens is 2. The van der Waals surface area contributed by atoms with Crippen LogP contribution in [0.2, 0.25) is 0 Å². The van der Waals surface area contributed by atoms with Gasteiger partial charge in [0.15, 0.2) is 0 Å². The van der Waals surface area contributed by atoms with Crippen LogP contribution in [0, 0.1) is 0 Å². The molecular formula is C23H18Cl2CrN. The molecule has 1 aliphatic rings. The minimum absolute atomic E-state index is 0. The van der Waals surface area contributed by atoms with E-state index >= 15 is 0 Å². The Bertz CT molecular complexity index is 883. The SMILES string of the molecule is [Cl-].[Cl-].[Cr+2][C]1=C(C(c2ccccc2)c2ccccn2)CC=C1c1ccccc1. The molecule has 1 heterocycles. The second kappa shape index (κ2) is 9.93. The third kappa shape index (κ3) is 4.54. The number of nitrogens with zero attached hydrogens (tertiary/aromatic N) is 1. The van der Waals surface area contributed by atoms with Gasteiger partial charge in [-0.25, -0.2) is 0 Å². The summed E-state index contributed by atoms with van der Waals surface area (Å²) < 4.78 is 1.26. The maximum atomic E-state index is 4.66. The molecule has 1 nitrogen and oxygen atoms in total. The zero-order valence-electron chi connectivity index (χ0n) is 14.6. The van der Waals surface area contributed by atoms with Gasteiger partial charge in [-0.1, -0.05) is 0 Å². The predicted octanol–water partition coefficient (Wildman–Crippen LogP) is -0.490. The Morgan fingerprint density at radius 2 is 1.41 bits per heavy atom. The average Bonchev–Trinajstić information content (AvgIpc) is 3.06. The molecule has 0 spiro atoms. The van der Waals surface area contributed by atoms with Crippen molar-refractivity contribution in [2.24, 2.45) is 0 Å². The fourth-order valence-corrected chi connectivity index (χ4v) is 4.06. The van der Waals surface area contributed by atoms with Crippen LogP contribution in [0.5, 0.6) is 0 Å². The van der Waals surface area contributed by atoms with E-state index in [1.165, 1.54) is 26.7 Å². The van der Waals surface area contributed by atoms with E-state index < -0.39 is 0 Å². The molecule has 1 atom stereocenters. The molecule has 3 aromatic rings. The normalized spacial score (nSPS) is 14.0. The quantitative estimate of drug-likeness (QED) is 0.544. The van der Waals surface area contributed by atoms with Crippen LogP contribution in [-0.2, 0) is 16.3 Å². The van der Waals surface area contributed by atoms with Crippen molar-refractivity contribution in [2.75, 3.05) is 0 Å². The molecule has 0 saturated heterocycles. The Balaban J connectivity index is 0.00000131. The zero-order valence-corrected chi connectivity index (χ0v) is 17.3. The van der Waals surface area contributed by atoms with Gasteiger partial charge in [-0.05, 0) is 0 Å².